The highest BCUT2D eigenvalue weighted by Crippen LogP contribution is 2.29. The summed E-state index contributed by atoms with van der Waals surface area (Å²) < 4.78 is 0. The SMILES string of the molecule is CCc1ccc(C(=O)N(CCO)C2CC2)s1. The fourth-order valence-corrected chi connectivity index (χ4v) is 2.67. The summed E-state index contributed by atoms with van der Waals surface area (Å²) in [6.45, 7) is 2.60. The van der Waals surface area contributed by atoms with Gasteiger partial charge < -0.3 is 10.0 Å². The van der Waals surface area contributed by atoms with Crippen LogP contribution in [0.15, 0.2) is 12.1 Å². The van der Waals surface area contributed by atoms with Gasteiger partial charge in [0.25, 0.3) is 5.91 Å². The maximum absolute atomic E-state index is 12.2. The van der Waals surface area contributed by atoms with Crippen LogP contribution in [-0.4, -0.2) is 35.1 Å². The summed E-state index contributed by atoms with van der Waals surface area (Å²) in [4.78, 5) is 16.0. The molecule has 1 aliphatic carbocycles. The van der Waals surface area contributed by atoms with Gasteiger partial charge in [-0.1, -0.05) is 6.92 Å². The number of aryl methyl sites for hydroxylation is 1. The molecule has 0 saturated heterocycles. The monoisotopic (exact) mass is 239 g/mol. The lowest BCUT2D eigenvalue weighted by molar-refractivity contribution is 0.0712. The Morgan fingerprint density at radius 2 is 2.31 bits per heavy atom. The number of rotatable bonds is 5. The van der Waals surface area contributed by atoms with Crippen LogP contribution in [0.5, 0.6) is 0 Å². The molecule has 1 aliphatic rings. The Kier molecular flexibility index (Phi) is 3.61. The Hall–Kier alpha value is -0.870. The van der Waals surface area contributed by atoms with E-state index in [1.54, 1.807) is 11.3 Å². The van der Waals surface area contributed by atoms with Crippen LogP contribution >= 0.6 is 11.3 Å². The molecule has 1 saturated carbocycles. The van der Waals surface area contributed by atoms with Gasteiger partial charge in [0, 0.05) is 17.5 Å². The Morgan fingerprint density at radius 3 is 2.81 bits per heavy atom. The van der Waals surface area contributed by atoms with Crippen molar-refractivity contribution >= 4 is 17.2 Å². The minimum absolute atomic E-state index is 0.0499. The Morgan fingerprint density at radius 1 is 1.56 bits per heavy atom. The first kappa shape index (κ1) is 11.6. The van der Waals surface area contributed by atoms with Crippen LogP contribution in [0.25, 0.3) is 0 Å². The molecule has 1 N–H and O–H groups in total. The van der Waals surface area contributed by atoms with Crippen molar-refractivity contribution in [1.29, 1.82) is 0 Å². The number of carbonyl (C=O) groups excluding carboxylic acids is 1. The van der Waals surface area contributed by atoms with Gasteiger partial charge in [-0.05, 0) is 31.4 Å². The van der Waals surface area contributed by atoms with E-state index >= 15 is 0 Å². The minimum Gasteiger partial charge on any atom is -0.395 e. The Labute approximate surface area is 99.7 Å². The fraction of sp³-hybridized carbons (Fsp3) is 0.583. The summed E-state index contributed by atoms with van der Waals surface area (Å²) in [5, 5.41) is 8.97. The topological polar surface area (TPSA) is 40.5 Å². The number of amides is 1. The third kappa shape index (κ3) is 2.44. The van der Waals surface area contributed by atoms with Crippen molar-refractivity contribution in [1.82, 2.24) is 4.90 Å². The number of hydrogen-bond acceptors (Lipinski definition) is 3. The fourth-order valence-electron chi connectivity index (χ4n) is 1.77. The average molecular weight is 239 g/mol. The van der Waals surface area contributed by atoms with Gasteiger partial charge in [0.15, 0.2) is 0 Å². The smallest absolute Gasteiger partial charge is 0.264 e. The van der Waals surface area contributed by atoms with Gasteiger partial charge in [0.2, 0.25) is 0 Å². The second kappa shape index (κ2) is 4.97. The van der Waals surface area contributed by atoms with E-state index in [1.807, 2.05) is 17.0 Å². The zero-order chi connectivity index (χ0) is 11.5. The zero-order valence-electron chi connectivity index (χ0n) is 9.48. The molecule has 1 aromatic heterocycles. The van der Waals surface area contributed by atoms with E-state index in [0.29, 0.717) is 12.6 Å². The molecule has 0 atom stereocenters. The van der Waals surface area contributed by atoms with Crippen molar-refractivity contribution in [3.63, 3.8) is 0 Å². The molecule has 1 fully saturated rings. The zero-order valence-corrected chi connectivity index (χ0v) is 10.3. The van der Waals surface area contributed by atoms with Crippen molar-refractivity contribution in [3.8, 4) is 0 Å². The quantitative estimate of drug-likeness (QED) is 0.852. The molecular formula is C12H17NO2S. The van der Waals surface area contributed by atoms with Crippen molar-refractivity contribution in [2.45, 2.75) is 32.2 Å². The number of nitrogens with zero attached hydrogens (tertiary/aromatic N) is 1. The number of thiophene rings is 1. The third-order valence-electron chi connectivity index (χ3n) is 2.81. The normalized spacial score (nSPS) is 15.1. The molecule has 0 spiro atoms. The maximum Gasteiger partial charge on any atom is 0.264 e. The van der Waals surface area contributed by atoms with E-state index in [2.05, 4.69) is 6.92 Å². The number of aliphatic hydroxyl groups excluding tert-OH is 1. The first-order valence-corrected chi connectivity index (χ1v) is 6.58. The van der Waals surface area contributed by atoms with Crippen LogP contribution in [0, 0.1) is 0 Å². The van der Waals surface area contributed by atoms with E-state index in [0.717, 1.165) is 24.1 Å². The van der Waals surface area contributed by atoms with Gasteiger partial charge in [-0.3, -0.25) is 4.79 Å². The van der Waals surface area contributed by atoms with E-state index < -0.39 is 0 Å². The highest BCUT2D eigenvalue weighted by molar-refractivity contribution is 7.14. The highest BCUT2D eigenvalue weighted by atomic mass is 32.1. The first-order chi connectivity index (χ1) is 7.76. The van der Waals surface area contributed by atoms with Gasteiger partial charge in [0.1, 0.15) is 0 Å². The molecule has 3 nitrogen and oxygen atoms in total. The summed E-state index contributed by atoms with van der Waals surface area (Å²) in [5.41, 5.74) is 0. The van der Waals surface area contributed by atoms with Gasteiger partial charge in [0.05, 0.1) is 11.5 Å². The standard InChI is InChI=1S/C12H17NO2S/c1-2-10-5-6-11(16-10)12(15)13(7-8-14)9-3-4-9/h5-6,9,14H,2-4,7-8H2,1H3. The summed E-state index contributed by atoms with van der Waals surface area (Å²) in [6, 6.07) is 4.28. The van der Waals surface area contributed by atoms with Crippen molar-refractivity contribution in [2.24, 2.45) is 0 Å². The van der Waals surface area contributed by atoms with Gasteiger partial charge >= 0.3 is 0 Å². The van der Waals surface area contributed by atoms with Gasteiger partial charge in [-0.25, -0.2) is 0 Å². The lowest BCUT2D eigenvalue weighted by Crippen LogP contribution is -2.35. The molecule has 1 aromatic rings. The Bertz CT molecular complexity index is 371. The van der Waals surface area contributed by atoms with Crippen LogP contribution < -0.4 is 0 Å². The maximum atomic E-state index is 12.2. The molecule has 88 valence electrons. The lowest BCUT2D eigenvalue weighted by Gasteiger charge is -2.20. The predicted molar refractivity (Wildman–Crippen MR) is 64.8 cm³/mol. The molecule has 2 rings (SSSR count). The molecular weight excluding hydrogens is 222 g/mol. The van der Waals surface area contributed by atoms with Gasteiger partial charge in [-0.2, -0.15) is 0 Å². The van der Waals surface area contributed by atoms with E-state index in [9.17, 15) is 4.79 Å². The van der Waals surface area contributed by atoms with Gasteiger partial charge in [-0.15, -0.1) is 11.3 Å². The molecule has 16 heavy (non-hydrogen) atoms. The highest BCUT2D eigenvalue weighted by Gasteiger charge is 2.32. The largest absolute Gasteiger partial charge is 0.395 e. The second-order valence-corrected chi connectivity index (χ2v) is 5.24. The number of carbonyl (C=O) groups is 1. The van der Waals surface area contributed by atoms with Crippen molar-refractivity contribution in [2.75, 3.05) is 13.2 Å². The van der Waals surface area contributed by atoms with Crippen molar-refractivity contribution in [3.05, 3.63) is 21.9 Å². The average Bonchev–Trinajstić information content (AvgIpc) is 3.02. The Balaban J connectivity index is 2.09. The molecule has 0 aromatic carbocycles. The molecule has 0 aliphatic heterocycles. The predicted octanol–water partition coefficient (Wildman–Crippen LogP) is 1.91. The molecule has 0 radical (unpaired) electrons. The summed E-state index contributed by atoms with van der Waals surface area (Å²) in [5.74, 6) is 0.0845. The van der Waals surface area contributed by atoms with Crippen LogP contribution in [0.3, 0.4) is 0 Å². The summed E-state index contributed by atoms with van der Waals surface area (Å²) in [6.07, 6.45) is 3.14. The van der Waals surface area contributed by atoms with Crippen LogP contribution in [0.1, 0.15) is 34.3 Å². The second-order valence-electron chi connectivity index (χ2n) is 4.07. The van der Waals surface area contributed by atoms with Crippen LogP contribution in [0.2, 0.25) is 0 Å². The summed E-state index contributed by atoms with van der Waals surface area (Å²) >= 11 is 1.57. The van der Waals surface area contributed by atoms with Crippen LogP contribution in [0.4, 0.5) is 0 Å². The minimum atomic E-state index is 0.0499. The lowest BCUT2D eigenvalue weighted by atomic mass is 10.3. The molecule has 0 unspecified atom stereocenters. The molecule has 1 heterocycles. The molecule has 1 amide bonds. The van der Waals surface area contributed by atoms with Crippen molar-refractivity contribution < 1.29 is 9.90 Å². The van der Waals surface area contributed by atoms with E-state index in [4.69, 9.17) is 5.11 Å². The molecule has 0 bridgehead atoms. The van der Waals surface area contributed by atoms with E-state index in [1.165, 1.54) is 4.88 Å². The number of aliphatic hydroxyl groups is 1. The van der Waals surface area contributed by atoms with E-state index in [-0.39, 0.29) is 12.5 Å². The third-order valence-corrected chi connectivity index (χ3v) is 4.03. The molecule has 4 heteroatoms. The first-order valence-electron chi connectivity index (χ1n) is 5.76. The number of hydrogen-bond donors (Lipinski definition) is 1. The summed E-state index contributed by atoms with van der Waals surface area (Å²) in [7, 11) is 0. The van der Waals surface area contributed by atoms with Crippen LogP contribution in [-0.2, 0) is 6.42 Å².